The van der Waals surface area contributed by atoms with E-state index in [0.717, 1.165) is 6.26 Å². The fraction of sp³-hybridized carbons (Fsp3) is 0.222. The van der Waals surface area contributed by atoms with E-state index in [1.165, 1.54) is 6.92 Å². The summed E-state index contributed by atoms with van der Waals surface area (Å²) in [6, 6.07) is 12.5. The molecule has 9 heteroatoms. The summed E-state index contributed by atoms with van der Waals surface area (Å²) in [6.07, 6.45) is 0.920. The summed E-state index contributed by atoms with van der Waals surface area (Å²) in [5.41, 5.74) is 1.65. The lowest BCUT2D eigenvalue weighted by Gasteiger charge is -2.18. The van der Waals surface area contributed by atoms with E-state index < -0.39 is 16.1 Å². The molecule has 0 bridgehead atoms. The number of amides is 2. The number of sulfonamides is 1. The molecular weight excluding hydrogens is 390 g/mol. The number of benzene rings is 2. The smallest absolute Gasteiger partial charge is 0.226 e. The molecule has 0 aliphatic heterocycles. The highest BCUT2D eigenvalue weighted by atomic mass is 35.5. The van der Waals surface area contributed by atoms with Crippen molar-refractivity contribution in [2.24, 2.45) is 0 Å². The lowest BCUT2D eigenvalue weighted by Crippen LogP contribution is -2.30. The largest absolute Gasteiger partial charge is 0.326 e. The summed E-state index contributed by atoms with van der Waals surface area (Å²) < 4.78 is 25.8. The SMILES string of the molecule is CC(=O)Nc1cccc(NC(=O)CC(NS(C)(=O)=O)c2ccc(Cl)cc2)c1. The number of anilines is 2. The highest BCUT2D eigenvalue weighted by Gasteiger charge is 2.20. The summed E-state index contributed by atoms with van der Waals surface area (Å²) in [5.74, 6) is -0.607. The van der Waals surface area contributed by atoms with Gasteiger partial charge < -0.3 is 10.6 Å². The topological polar surface area (TPSA) is 104 Å². The minimum atomic E-state index is -3.53. The van der Waals surface area contributed by atoms with Crippen LogP contribution in [0.3, 0.4) is 0 Å². The Kier molecular flexibility index (Phi) is 6.95. The van der Waals surface area contributed by atoms with Crippen LogP contribution in [-0.4, -0.2) is 26.5 Å². The van der Waals surface area contributed by atoms with E-state index in [-0.39, 0.29) is 18.2 Å². The third-order valence-corrected chi connectivity index (χ3v) is 4.45. The molecule has 1 atom stereocenters. The monoisotopic (exact) mass is 409 g/mol. The normalized spacial score (nSPS) is 12.3. The summed E-state index contributed by atoms with van der Waals surface area (Å²) >= 11 is 5.87. The molecule has 1 unspecified atom stereocenters. The number of halogens is 1. The van der Waals surface area contributed by atoms with Crippen LogP contribution in [0.15, 0.2) is 48.5 Å². The van der Waals surface area contributed by atoms with Crippen molar-refractivity contribution in [3.8, 4) is 0 Å². The maximum atomic E-state index is 12.4. The summed E-state index contributed by atoms with van der Waals surface area (Å²) in [6.45, 7) is 1.39. The van der Waals surface area contributed by atoms with E-state index >= 15 is 0 Å². The van der Waals surface area contributed by atoms with Gasteiger partial charge in [0.2, 0.25) is 21.8 Å². The summed E-state index contributed by atoms with van der Waals surface area (Å²) in [4.78, 5) is 23.6. The minimum Gasteiger partial charge on any atom is -0.326 e. The van der Waals surface area contributed by atoms with Crippen molar-refractivity contribution in [2.75, 3.05) is 16.9 Å². The number of hydrogen-bond acceptors (Lipinski definition) is 4. The first-order valence-electron chi connectivity index (χ1n) is 8.02. The standard InChI is InChI=1S/C18H20ClN3O4S/c1-12(23)20-15-4-3-5-16(10-15)21-18(24)11-17(22-27(2,25)26)13-6-8-14(19)9-7-13/h3-10,17,22H,11H2,1-2H3,(H,20,23)(H,21,24). The van der Waals surface area contributed by atoms with Crippen molar-refractivity contribution in [2.45, 2.75) is 19.4 Å². The molecule has 2 aromatic rings. The van der Waals surface area contributed by atoms with Crippen LogP contribution in [0.4, 0.5) is 11.4 Å². The van der Waals surface area contributed by atoms with Crippen LogP contribution >= 0.6 is 11.6 Å². The van der Waals surface area contributed by atoms with Gasteiger partial charge in [0.1, 0.15) is 0 Å². The zero-order chi connectivity index (χ0) is 20.0. The van der Waals surface area contributed by atoms with Gasteiger partial charge in [-0.2, -0.15) is 0 Å². The zero-order valence-corrected chi connectivity index (χ0v) is 16.4. The number of rotatable bonds is 7. The summed E-state index contributed by atoms with van der Waals surface area (Å²) in [7, 11) is -3.53. The van der Waals surface area contributed by atoms with E-state index in [9.17, 15) is 18.0 Å². The molecule has 7 nitrogen and oxygen atoms in total. The van der Waals surface area contributed by atoms with Crippen LogP contribution in [0, 0.1) is 0 Å². The number of carbonyl (C=O) groups is 2. The molecule has 0 heterocycles. The first-order valence-corrected chi connectivity index (χ1v) is 10.3. The van der Waals surface area contributed by atoms with Crippen molar-refractivity contribution in [3.05, 3.63) is 59.1 Å². The van der Waals surface area contributed by atoms with Gasteiger partial charge in [-0.25, -0.2) is 13.1 Å². The summed E-state index contributed by atoms with van der Waals surface area (Å²) in [5, 5.41) is 5.84. The number of hydrogen-bond donors (Lipinski definition) is 3. The first-order chi connectivity index (χ1) is 12.6. The average Bonchev–Trinajstić information content (AvgIpc) is 2.53. The molecule has 144 valence electrons. The van der Waals surface area contributed by atoms with Crippen LogP contribution in [0.1, 0.15) is 24.9 Å². The highest BCUT2D eigenvalue weighted by Crippen LogP contribution is 2.22. The van der Waals surface area contributed by atoms with Gasteiger partial charge in [-0.3, -0.25) is 9.59 Å². The molecule has 0 aliphatic carbocycles. The first kappa shape index (κ1) is 20.9. The van der Waals surface area contributed by atoms with Gasteiger partial charge in [-0.1, -0.05) is 29.8 Å². The van der Waals surface area contributed by atoms with Crippen molar-refractivity contribution in [3.63, 3.8) is 0 Å². The predicted molar refractivity (Wildman–Crippen MR) is 106 cm³/mol. The van der Waals surface area contributed by atoms with Crippen LogP contribution in [0.5, 0.6) is 0 Å². The molecule has 3 N–H and O–H groups in total. The molecule has 2 aromatic carbocycles. The Labute approximate surface area is 163 Å². The van der Waals surface area contributed by atoms with Crippen LogP contribution in [0.2, 0.25) is 5.02 Å². The predicted octanol–water partition coefficient (Wildman–Crippen LogP) is 2.92. The fourth-order valence-electron chi connectivity index (χ4n) is 2.46. The van der Waals surface area contributed by atoms with Gasteiger partial charge in [0.25, 0.3) is 0 Å². The molecule has 0 fully saturated rings. The molecule has 2 rings (SSSR count). The van der Waals surface area contributed by atoms with Gasteiger partial charge in [0, 0.05) is 29.7 Å². The van der Waals surface area contributed by atoms with Crippen molar-refractivity contribution in [1.82, 2.24) is 4.72 Å². The van der Waals surface area contributed by atoms with Gasteiger partial charge in [0.05, 0.1) is 12.3 Å². The molecule has 0 aliphatic rings. The molecule has 0 saturated carbocycles. The Morgan fingerprint density at radius 2 is 1.63 bits per heavy atom. The van der Waals surface area contributed by atoms with E-state index in [4.69, 9.17) is 11.6 Å². The van der Waals surface area contributed by atoms with E-state index in [1.807, 2.05) is 0 Å². The minimum absolute atomic E-state index is 0.112. The van der Waals surface area contributed by atoms with Crippen LogP contribution in [0.25, 0.3) is 0 Å². The Hall–Kier alpha value is -2.42. The molecule has 2 amide bonds. The number of carbonyl (C=O) groups excluding carboxylic acids is 2. The molecule has 0 aromatic heterocycles. The van der Waals surface area contributed by atoms with Gasteiger partial charge in [-0.05, 0) is 35.9 Å². The Morgan fingerprint density at radius 1 is 1.04 bits per heavy atom. The lowest BCUT2D eigenvalue weighted by molar-refractivity contribution is -0.116. The fourth-order valence-corrected chi connectivity index (χ4v) is 3.32. The third kappa shape index (κ3) is 7.38. The Balaban J connectivity index is 2.13. The molecule has 0 radical (unpaired) electrons. The maximum Gasteiger partial charge on any atom is 0.226 e. The van der Waals surface area contributed by atoms with Crippen molar-refractivity contribution >= 4 is 44.8 Å². The van der Waals surface area contributed by atoms with Gasteiger partial charge >= 0.3 is 0 Å². The maximum absolute atomic E-state index is 12.4. The average molecular weight is 410 g/mol. The van der Waals surface area contributed by atoms with Gasteiger partial charge in [0.15, 0.2) is 0 Å². The van der Waals surface area contributed by atoms with Crippen molar-refractivity contribution < 1.29 is 18.0 Å². The Morgan fingerprint density at radius 3 is 2.19 bits per heavy atom. The Bertz CT molecular complexity index is 930. The van der Waals surface area contributed by atoms with Crippen LogP contribution in [-0.2, 0) is 19.6 Å². The molecular formula is C18H20ClN3O4S. The lowest BCUT2D eigenvalue weighted by atomic mass is 10.0. The van der Waals surface area contributed by atoms with E-state index in [1.54, 1.807) is 48.5 Å². The van der Waals surface area contributed by atoms with Crippen molar-refractivity contribution in [1.29, 1.82) is 0 Å². The second kappa shape index (κ2) is 8.98. The van der Waals surface area contributed by atoms with Crippen LogP contribution < -0.4 is 15.4 Å². The number of nitrogens with one attached hydrogen (secondary N) is 3. The second-order valence-electron chi connectivity index (χ2n) is 6.01. The second-order valence-corrected chi connectivity index (χ2v) is 8.22. The third-order valence-electron chi connectivity index (χ3n) is 3.48. The van der Waals surface area contributed by atoms with Gasteiger partial charge in [-0.15, -0.1) is 0 Å². The highest BCUT2D eigenvalue weighted by molar-refractivity contribution is 7.88. The van der Waals surface area contributed by atoms with E-state index in [2.05, 4.69) is 15.4 Å². The molecule has 0 spiro atoms. The van der Waals surface area contributed by atoms with E-state index in [0.29, 0.717) is 22.0 Å². The molecule has 27 heavy (non-hydrogen) atoms. The quantitative estimate of drug-likeness (QED) is 0.653. The molecule has 0 saturated heterocycles. The zero-order valence-electron chi connectivity index (χ0n) is 14.8.